The number of H-pyrrole nitrogens is 1. The molecule has 4 rings (SSSR count). The van der Waals surface area contributed by atoms with E-state index in [4.69, 9.17) is 0 Å². The summed E-state index contributed by atoms with van der Waals surface area (Å²) in [5.74, 6) is 0. The van der Waals surface area contributed by atoms with Crippen molar-refractivity contribution in [2.45, 2.75) is 6.23 Å². The molecule has 1 aromatic carbocycles. The van der Waals surface area contributed by atoms with Crippen LogP contribution < -0.4 is 5.32 Å². The Hall–Kier alpha value is -2.37. The lowest BCUT2D eigenvalue weighted by Gasteiger charge is -2.13. The Labute approximate surface area is 125 Å². The molecule has 0 saturated carbocycles. The zero-order chi connectivity index (χ0) is 14.2. The number of hydrogen-bond acceptors (Lipinski definition) is 4. The summed E-state index contributed by atoms with van der Waals surface area (Å²) in [6.07, 6.45) is 2.83. The van der Waals surface area contributed by atoms with E-state index >= 15 is 0 Å². The largest absolute Gasteiger partial charge is 0.369 e. The minimum atomic E-state index is -0.733. The van der Waals surface area contributed by atoms with Gasteiger partial charge in [0.25, 0.3) is 0 Å². The molecule has 0 aliphatic carbocycles. The Kier molecular flexibility index (Phi) is 2.87. The van der Waals surface area contributed by atoms with E-state index in [0.29, 0.717) is 0 Å². The molecule has 3 heterocycles. The van der Waals surface area contributed by atoms with Crippen LogP contribution in [0.2, 0.25) is 0 Å². The number of hydrogen-bond donors (Lipinski definition) is 3. The average Bonchev–Trinajstić information content (AvgIpc) is 3.14. The average molecular weight is 295 g/mol. The van der Waals surface area contributed by atoms with E-state index in [9.17, 15) is 5.11 Å². The lowest BCUT2D eigenvalue weighted by molar-refractivity contribution is 0.212. The molecule has 21 heavy (non-hydrogen) atoms. The predicted octanol–water partition coefficient (Wildman–Crippen LogP) is 3.88. The number of rotatable bonds is 3. The van der Waals surface area contributed by atoms with E-state index in [1.807, 2.05) is 36.5 Å². The van der Waals surface area contributed by atoms with Crippen LogP contribution in [0.4, 0.5) is 5.69 Å². The molecule has 0 aliphatic rings. The summed E-state index contributed by atoms with van der Waals surface area (Å²) in [6.45, 7) is 0. The van der Waals surface area contributed by atoms with Crippen LogP contribution in [0, 0.1) is 0 Å². The van der Waals surface area contributed by atoms with Crippen LogP contribution in [0.15, 0.2) is 54.9 Å². The van der Waals surface area contributed by atoms with Crippen LogP contribution in [-0.4, -0.2) is 15.1 Å². The minimum Gasteiger partial charge on any atom is -0.369 e. The van der Waals surface area contributed by atoms with Gasteiger partial charge in [-0.2, -0.15) is 0 Å². The van der Waals surface area contributed by atoms with Gasteiger partial charge in [-0.3, -0.25) is 0 Å². The van der Waals surface area contributed by atoms with Gasteiger partial charge in [-0.15, -0.1) is 11.3 Å². The van der Waals surface area contributed by atoms with Crippen LogP contribution in [-0.2, 0) is 0 Å². The van der Waals surface area contributed by atoms with E-state index in [0.717, 1.165) is 27.0 Å². The third-order valence-electron chi connectivity index (χ3n) is 3.47. The fraction of sp³-hybridized carbons (Fsp3) is 0.0625. The number of aliphatic hydroxyl groups is 1. The number of aromatic amines is 1. The third kappa shape index (κ3) is 2.16. The monoisotopic (exact) mass is 295 g/mol. The standard InChI is InChI=1S/C16H13N3OS/c20-16(14-9-10-3-1-2-4-13(10)21-14)19-12-6-8-18-15-11(12)5-7-17-15/h1-9,16,20H,(H2,17,18,19). The molecule has 0 spiro atoms. The topological polar surface area (TPSA) is 60.9 Å². The Morgan fingerprint density at radius 2 is 2.10 bits per heavy atom. The summed E-state index contributed by atoms with van der Waals surface area (Å²) in [4.78, 5) is 8.21. The third-order valence-corrected chi connectivity index (χ3v) is 4.63. The highest BCUT2D eigenvalue weighted by Crippen LogP contribution is 2.31. The van der Waals surface area contributed by atoms with Crippen LogP contribution in [0.1, 0.15) is 11.1 Å². The van der Waals surface area contributed by atoms with E-state index in [1.54, 1.807) is 17.5 Å². The molecule has 0 fully saturated rings. The van der Waals surface area contributed by atoms with E-state index < -0.39 is 6.23 Å². The second-order valence-corrected chi connectivity index (χ2v) is 5.95. The number of fused-ring (bicyclic) bond motifs is 2. The molecule has 0 radical (unpaired) electrons. The number of benzene rings is 1. The molecule has 0 bridgehead atoms. The molecule has 4 aromatic rings. The van der Waals surface area contributed by atoms with Crippen LogP contribution in [0.25, 0.3) is 21.1 Å². The van der Waals surface area contributed by atoms with E-state index in [1.165, 1.54) is 4.70 Å². The number of aromatic nitrogens is 2. The molecule has 1 atom stereocenters. The summed E-state index contributed by atoms with van der Waals surface area (Å²) >= 11 is 1.60. The van der Waals surface area contributed by atoms with Gasteiger partial charge in [-0.1, -0.05) is 18.2 Å². The highest BCUT2D eigenvalue weighted by Gasteiger charge is 2.13. The maximum absolute atomic E-state index is 10.4. The van der Waals surface area contributed by atoms with Gasteiger partial charge in [0.2, 0.25) is 0 Å². The smallest absolute Gasteiger partial charge is 0.160 e. The molecule has 0 amide bonds. The van der Waals surface area contributed by atoms with Crippen molar-refractivity contribution in [1.29, 1.82) is 0 Å². The number of aliphatic hydroxyl groups excluding tert-OH is 1. The molecule has 0 aliphatic heterocycles. The Morgan fingerprint density at radius 3 is 3.00 bits per heavy atom. The summed E-state index contributed by atoms with van der Waals surface area (Å²) in [7, 11) is 0. The number of pyridine rings is 1. The highest BCUT2D eigenvalue weighted by molar-refractivity contribution is 7.19. The van der Waals surface area contributed by atoms with Gasteiger partial charge >= 0.3 is 0 Å². The fourth-order valence-electron chi connectivity index (χ4n) is 2.44. The molecule has 5 heteroatoms. The van der Waals surface area contributed by atoms with Gasteiger partial charge in [0, 0.05) is 28.2 Å². The normalized spacial score (nSPS) is 12.8. The van der Waals surface area contributed by atoms with Crippen molar-refractivity contribution in [3.63, 3.8) is 0 Å². The number of thiophene rings is 1. The van der Waals surface area contributed by atoms with Crippen molar-refractivity contribution < 1.29 is 5.11 Å². The summed E-state index contributed by atoms with van der Waals surface area (Å²) < 4.78 is 1.18. The molecule has 4 nitrogen and oxygen atoms in total. The maximum Gasteiger partial charge on any atom is 0.160 e. The fourth-order valence-corrected chi connectivity index (χ4v) is 3.44. The Bertz CT molecular complexity index is 879. The molecule has 104 valence electrons. The number of nitrogens with zero attached hydrogens (tertiary/aromatic N) is 1. The molecule has 0 saturated heterocycles. The first-order valence-electron chi connectivity index (χ1n) is 6.66. The van der Waals surface area contributed by atoms with Crippen molar-refractivity contribution in [3.05, 3.63) is 59.7 Å². The highest BCUT2D eigenvalue weighted by atomic mass is 32.1. The molecule has 3 N–H and O–H groups in total. The van der Waals surface area contributed by atoms with E-state index in [-0.39, 0.29) is 0 Å². The van der Waals surface area contributed by atoms with Crippen LogP contribution in [0.3, 0.4) is 0 Å². The maximum atomic E-state index is 10.4. The minimum absolute atomic E-state index is 0.733. The first kappa shape index (κ1) is 12.4. The van der Waals surface area contributed by atoms with Gasteiger partial charge in [-0.25, -0.2) is 4.98 Å². The molecular formula is C16H13N3OS. The zero-order valence-electron chi connectivity index (χ0n) is 11.1. The summed E-state index contributed by atoms with van der Waals surface area (Å²) in [6, 6.07) is 14.0. The Morgan fingerprint density at radius 1 is 1.19 bits per heavy atom. The van der Waals surface area contributed by atoms with Gasteiger partial charge < -0.3 is 15.4 Å². The summed E-state index contributed by atoms with van der Waals surface area (Å²) in [5.41, 5.74) is 1.68. The number of anilines is 1. The Balaban J connectivity index is 1.68. The van der Waals surface area contributed by atoms with Gasteiger partial charge in [-0.05, 0) is 29.7 Å². The van der Waals surface area contributed by atoms with Gasteiger partial charge in [0.05, 0.1) is 4.88 Å². The van der Waals surface area contributed by atoms with Crippen molar-refractivity contribution >= 4 is 38.1 Å². The SMILES string of the molecule is OC(Nc1ccnc2[nH]ccc12)c1cc2ccccc2s1. The first-order chi connectivity index (χ1) is 10.3. The van der Waals surface area contributed by atoms with Gasteiger partial charge in [0.15, 0.2) is 6.23 Å². The second-order valence-electron chi connectivity index (χ2n) is 4.83. The van der Waals surface area contributed by atoms with Crippen LogP contribution in [0.5, 0.6) is 0 Å². The van der Waals surface area contributed by atoms with Crippen molar-refractivity contribution in [3.8, 4) is 0 Å². The first-order valence-corrected chi connectivity index (χ1v) is 7.48. The second kappa shape index (κ2) is 4.87. The van der Waals surface area contributed by atoms with Crippen molar-refractivity contribution in [2.75, 3.05) is 5.32 Å². The molecular weight excluding hydrogens is 282 g/mol. The quantitative estimate of drug-likeness (QED) is 0.503. The lowest BCUT2D eigenvalue weighted by atomic mass is 10.2. The summed E-state index contributed by atoms with van der Waals surface area (Å²) in [5, 5.41) is 15.7. The van der Waals surface area contributed by atoms with E-state index in [2.05, 4.69) is 27.4 Å². The van der Waals surface area contributed by atoms with Crippen LogP contribution >= 0.6 is 11.3 Å². The molecule has 1 unspecified atom stereocenters. The van der Waals surface area contributed by atoms with Gasteiger partial charge in [0.1, 0.15) is 5.65 Å². The zero-order valence-corrected chi connectivity index (χ0v) is 11.9. The van der Waals surface area contributed by atoms with Crippen molar-refractivity contribution in [2.24, 2.45) is 0 Å². The number of nitrogens with one attached hydrogen (secondary N) is 2. The van der Waals surface area contributed by atoms with Crippen molar-refractivity contribution in [1.82, 2.24) is 9.97 Å². The lowest BCUT2D eigenvalue weighted by Crippen LogP contribution is -2.08. The molecule has 3 aromatic heterocycles. The predicted molar refractivity (Wildman–Crippen MR) is 86.5 cm³/mol.